The maximum Gasteiger partial charge on any atom is 0.316 e. The van der Waals surface area contributed by atoms with Gasteiger partial charge in [0.25, 0.3) is 0 Å². The molecule has 5 nitrogen and oxygen atoms in total. The second kappa shape index (κ2) is 3.60. The van der Waals surface area contributed by atoms with Crippen molar-refractivity contribution in [2.24, 2.45) is 11.1 Å². The lowest BCUT2D eigenvalue weighted by Gasteiger charge is -2.41. The third-order valence-corrected chi connectivity index (χ3v) is 2.81. The van der Waals surface area contributed by atoms with E-state index < -0.39 is 17.4 Å². The number of nitrogens with two attached hydrogens (primary N) is 1. The van der Waals surface area contributed by atoms with Gasteiger partial charge in [0.1, 0.15) is 5.41 Å². The Morgan fingerprint density at radius 3 is 2.53 bits per heavy atom. The molecule has 0 spiro atoms. The summed E-state index contributed by atoms with van der Waals surface area (Å²) in [6.45, 7) is 0.345. The van der Waals surface area contributed by atoms with Crippen LogP contribution in [0.3, 0.4) is 0 Å². The molecule has 2 heterocycles. The number of aromatic nitrogens is 1. The zero-order valence-electron chi connectivity index (χ0n) is 8.09. The van der Waals surface area contributed by atoms with Gasteiger partial charge in [-0.1, -0.05) is 0 Å². The van der Waals surface area contributed by atoms with Crippen molar-refractivity contribution in [1.29, 1.82) is 0 Å². The number of aliphatic carboxylic acids is 1. The number of carboxylic acids is 1. The van der Waals surface area contributed by atoms with Crippen LogP contribution >= 0.6 is 0 Å². The summed E-state index contributed by atoms with van der Waals surface area (Å²) in [4.78, 5) is 15.0. The highest BCUT2D eigenvalue weighted by molar-refractivity contribution is 5.77. The van der Waals surface area contributed by atoms with Crippen molar-refractivity contribution in [3.8, 4) is 0 Å². The molecule has 1 aliphatic rings. The summed E-state index contributed by atoms with van der Waals surface area (Å²) >= 11 is 0. The summed E-state index contributed by atoms with van der Waals surface area (Å²) in [7, 11) is 0. The quantitative estimate of drug-likeness (QED) is 0.740. The number of ether oxygens (including phenoxy) is 1. The molecule has 1 unspecified atom stereocenters. The molecule has 80 valence electrons. The van der Waals surface area contributed by atoms with E-state index >= 15 is 0 Å². The van der Waals surface area contributed by atoms with Crippen molar-refractivity contribution < 1.29 is 14.6 Å². The first kappa shape index (κ1) is 10.1. The van der Waals surface area contributed by atoms with Gasteiger partial charge in [-0.3, -0.25) is 9.78 Å². The van der Waals surface area contributed by atoms with Crippen molar-refractivity contribution in [2.75, 3.05) is 13.2 Å². The van der Waals surface area contributed by atoms with E-state index in [0.717, 1.165) is 5.56 Å². The number of rotatable bonds is 3. The number of nitrogens with zero attached hydrogens (tertiary/aromatic N) is 1. The van der Waals surface area contributed by atoms with Crippen molar-refractivity contribution in [3.63, 3.8) is 0 Å². The largest absolute Gasteiger partial charge is 0.481 e. The Balaban J connectivity index is 2.27. The molecule has 0 bridgehead atoms. The van der Waals surface area contributed by atoms with Crippen molar-refractivity contribution in [2.45, 2.75) is 6.04 Å². The third kappa shape index (κ3) is 1.49. The summed E-state index contributed by atoms with van der Waals surface area (Å²) in [5.74, 6) is -0.905. The molecule has 1 aromatic rings. The minimum Gasteiger partial charge on any atom is -0.481 e. The van der Waals surface area contributed by atoms with E-state index in [4.69, 9.17) is 15.6 Å². The van der Waals surface area contributed by atoms with Gasteiger partial charge in [0, 0.05) is 12.4 Å². The molecule has 1 saturated heterocycles. The molecule has 0 aromatic carbocycles. The Morgan fingerprint density at radius 2 is 2.13 bits per heavy atom. The highest BCUT2D eigenvalue weighted by Crippen LogP contribution is 2.39. The van der Waals surface area contributed by atoms with E-state index in [2.05, 4.69) is 4.98 Å². The van der Waals surface area contributed by atoms with E-state index in [1.165, 1.54) is 0 Å². The van der Waals surface area contributed by atoms with Crippen LogP contribution in [0.2, 0.25) is 0 Å². The third-order valence-electron chi connectivity index (χ3n) is 2.81. The SMILES string of the molecule is NC(c1ccncc1)C1(C(=O)O)COC1. The lowest BCUT2D eigenvalue weighted by atomic mass is 9.76. The molecule has 5 heteroatoms. The van der Waals surface area contributed by atoms with Crippen LogP contribution in [0.15, 0.2) is 24.5 Å². The predicted octanol–water partition coefficient (Wildman–Crippen LogP) is 0.183. The van der Waals surface area contributed by atoms with Crippen molar-refractivity contribution in [1.82, 2.24) is 4.98 Å². The average molecular weight is 208 g/mol. The number of carboxylic acid groups (broad SMARTS) is 1. The van der Waals surface area contributed by atoms with Crippen LogP contribution in [0.4, 0.5) is 0 Å². The molecule has 0 radical (unpaired) electrons. The number of carbonyl (C=O) groups is 1. The van der Waals surface area contributed by atoms with Gasteiger partial charge in [0.05, 0.1) is 19.3 Å². The van der Waals surface area contributed by atoms with Crippen LogP contribution in [0.5, 0.6) is 0 Å². The van der Waals surface area contributed by atoms with E-state index in [-0.39, 0.29) is 13.2 Å². The predicted molar refractivity (Wildman–Crippen MR) is 52.1 cm³/mol. The number of hydrogen-bond donors (Lipinski definition) is 2. The van der Waals surface area contributed by atoms with Crippen LogP contribution < -0.4 is 5.73 Å². The topological polar surface area (TPSA) is 85.4 Å². The van der Waals surface area contributed by atoms with Gasteiger partial charge >= 0.3 is 5.97 Å². The Kier molecular flexibility index (Phi) is 2.42. The molecule has 1 atom stereocenters. The first-order valence-corrected chi connectivity index (χ1v) is 4.63. The monoisotopic (exact) mass is 208 g/mol. The van der Waals surface area contributed by atoms with Gasteiger partial charge in [-0.25, -0.2) is 0 Å². The smallest absolute Gasteiger partial charge is 0.316 e. The highest BCUT2D eigenvalue weighted by atomic mass is 16.5. The Morgan fingerprint density at radius 1 is 1.53 bits per heavy atom. The van der Waals surface area contributed by atoms with E-state index in [0.29, 0.717) is 0 Å². The molecule has 2 rings (SSSR count). The fraction of sp³-hybridized carbons (Fsp3) is 0.400. The fourth-order valence-corrected chi connectivity index (χ4v) is 1.65. The van der Waals surface area contributed by atoms with Crippen LogP contribution in [0.1, 0.15) is 11.6 Å². The first-order chi connectivity index (χ1) is 7.17. The van der Waals surface area contributed by atoms with E-state index in [1.807, 2.05) is 0 Å². The second-order valence-electron chi connectivity index (χ2n) is 3.71. The molecule has 15 heavy (non-hydrogen) atoms. The Labute approximate surface area is 86.9 Å². The first-order valence-electron chi connectivity index (χ1n) is 4.63. The van der Waals surface area contributed by atoms with Gasteiger partial charge in [-0.05, 0) is 17.7 Å². The Bertz CT molecular complexity index is 362. The summed E-state index contributed by atoms with van der Waals surface area (Å²) in [5.41, 5.74) is 5.75. The van der Waals surface area contributed by atoms with Gasteiger partial charge in [-0.2, -0.15) is 0 Å². The minimum atomic E-state index is -0.971. The summed E-state index contributed by atoms with van der Waals surface area (Å²) in [6.07, 6.45) is 3.20. The molecule has 0 amide bonds. The van der Waals surface area contributed by atoms with Crippen molar-refractivity contribution >= 4 is 5.97 Å². The van der Waals surface area contributed by atoms with Crippen LogP contribution in [0.25, 0.3) is 0 Å². The minimum absolute atomic E-state index is 0.172. The molecule has 1 aromatic heterocycles. The average Bonchev–Trinajstić information content (AvgIpc) is 2.16. The van der Waals surface area contributed by atoms with Gasteiger partial charge in [0.15, 0.2) is 0 Å². The zero-order valence-corrected chi connectivity index (χ0v) is 8.09. The number of hydrogen-bond acceptors (Lipinski definition) is 4. The summed E-state index contributed by atoms with van der Waals surface area (Å²) in [5, 5.41) is 9.14. The number of pyridine rings is 1. The summed E-state index contributed by atoms with van der Waals surface area (Å²) in [6, 6.07) is 2.91. The van der Waals surface area contributed by atoms with Crippen LogP contribution in [0, 0.1) is 5.41 Å². The second-order valence-corrected chi connectivity index (χ2v) is 3.71. The normalized spacial score (nSPS) is 20.3. The molecular formula is C10H12N2O3. The van der Waals surface area contributed by atoms with Crippen molar-refractivity contribution in [3.05, 3.63) is 30.1 Å². The van der Waals surface area contributed by atoms with Crippen LogP contribution in [-0.4, -0.2) is 29.3 Å². The molecular weight excluding hydrogens is 196 g/mol. The molecule has 1 aliphatic heterocycles. The van der Waals surface area contributed by atoms with E-state index in [1.54, 1.807) is 24.5 Å². The molecule has 0 saturated carbocycles. The maximum absolute atomic E-state index is 11.1. The van der Waals surface area contributed by atoms with E-state index in [9.17, 15) is 4.79 Å². The molecule has 1 fully saturated rings. The van der Waals surface area contributed by atoms with Gasteiger partial charge in [0.2, 0.25) is 0 Å². The lowest BCUT2D eigenvalue weighted by Crippen LogP contribution is -2.55. The fourth-order valence-electron chi connectivity index (χ4n) is 1.65. The lowest BCUT2D eigenvalue weighted by molar-refractivity contribution is -0.184. The summed E-state index contributed by atoms with van der Waals surface area (Å²) < 4.78 is 4.97. The maximum atomic E-state index is 11.1. The highest BCUT2D eigenvalue weighted by Gasteiger charge is 2.51. The standard InChI is InChI=1S/C10H12N2O3/c11-8(7-1-3-12-4-2-7)10(9(13)14)5-15-6-10/h1-4,8H,5-6,11H2,(H,13,14). The molecule has 0 aliphatic carbocycles. The van der Waals surface area contributed by atoms with Crippen LogP contribution in [-0.2, 0) is 9.53 Å². The van der Waals surface area contributed by atoms with Gasteiger partial charge in [-0.15, -0.1) is 0 Å². The van der Waals surface area contributed by atoms with Gasteiger partial charge < -0.3 is 15.6 Å². The zero-order chi connectivity index (χ0) is 10.9. The Hall–Kier alpha value is -1.46. The molecule has 3 N–H and O–H groups in total.